The molecule has 0 radical (unpaired) electrons. The minimum Gasteiger partial charge on any atom is -0.255 e. The predicted octanol–water partition coefficient (Wildman–Crippen LogP) is 2.25. The maximum absolute atomic E-state index is 4.13. The average Bonchev–Trinajstić information content (AvgIpc) is 2.07. The van der Waals surface area contributed by atoms with E-state index in [9.17, 15) is 0 Å². The smallest absolute Gasteiger partial charge is 0.0335 e. The van der Waals surface area contributed by atoms with Crippen molar-refractivity contribution in [1.82, 2.24) is 4.31 Å². The molecule has 1 unspecified atom stereocenters. The molecule has 0 fully saturated rings. The van der Waals surface area contributed by atoms with Crippen molar-refractivity contribution in [1.29, 1.82) is 0 Å². The van der Waals surface area contributed by atoms with Gasteiger partial charge in [-0.15, -0.1) is 10.7 Å². The van der Waals surface area contributed by atoms with E-state index in [0.29, 0.717) is 0 Å². The Balaban J connectivity index is 2.40. The van der Waals surface area contributed by atoms with Gasteiger partial charge in [0.2, 0.25) is 0 Å². The molecule has 0 amide bonds. The SMILES string of the molecule is C=S1Cc2ccccc2CN1C. The monoisotopic (exact) mass is 179 g/mol. The van der Waals surface area contributed by atoms with Gasteiger partial charge in [-0.05, 0) is 18.2 Å². The van der Waals surface area contributed by atoms with Gasteiger partial charge in [-0.2, -0.15) is 0 Å². The van der Waals surface area contributed by atoms with E-state index in [2.05, 4.69) is 41.5 Å². The van der Waals surface area contributed by atoms with Crippen molar-refractivity contribution in [3.05, 3.63) is 35.4 Å². The Bertz CT molecular complexity index is 319. The van der Waals surface area contributed by atoms with Crippen LogP contribution in [0.4, 0.5) is 0 Å². The first kappa shape index (κ1) is 8.02. The van der Waals surface area contributed by atoms with Crippen LogP contribution in [-0.4, -0.2) is 17.2 Å². The number of hydrogen-bond acceptors (Lipinski definition) is 1. The van der Waals surface area contributed by atoms with Crippen molar-refractivity contribution >= 4 is 16.5 Å². The van der Waals surface area contributed by atoms with Crippen LogP contribution >= 0.6 is 10.7 Å². The zero-order valence-corrected chi connectivity index (χ0v) is 8.10. The third-order valence-electron chi connectivity index (χ3n) is 2.27. The van der Waals surface area contributed by atoms with Crippen molar-refractivity contribution in [2.45, 2.75) is 12.3 Å². The summed E-state index contributed by atoms with van der Waals surface area (Å²) in [4.78, 5) is 0. The van der Waals surface area contributed by atoms with Crippen LogP contribution in [0.25, 0.3) is 0 Å². The Morgan fingerprint density at radius 1 is 1.33 bits per heavy atom. The van der Waals surface area contributed by atoms with Crippen molar-refractivity contribution in [3.8, 4) is 0 Å². The number of fused-ring (bicyclic) bond motifs is 1. The van der Waals surface area contributed by atoms with Crippen LogP contribution in [0.5, 0.6) is 0 Å². The van der Waals surface area contributed by atoms with E-state index in [4.69, 9.17) is 0 Å². The third-order valence-corrected chi connectivity index (χ3v) is 3.93. The van der Waals surface area contributed by atoms with Gasteiger partial charge in [-0.3, -0.25) is 4.31 Å². The van der Waals surface area contributed by atoms with Gasteiger partial charge >= 0.3 is 0 Å². The summed E-state index contributed by atoms with van der Waals surface area (Å²) in [5, 5.41) is 0. The molecule has 0 aliphatic carbocycles. The van der Waals surface area contributed by atoms with Crippen LogP contribution in [0.15, 0.2) is 24.3 Å². The van der Waals surface area contributed by atoms with Crippen molar-refractivity contribution in [3.63, 3.8) is 0 Å². The number of hydrogen-bond donors (Lipinski definition) is 0. The van der Waals surface area contributed by atoms with Crippen LogP contribution in [-0.2, 0) is 12.3 Å². The summed E-state index contributed by atoms with van der Waals surface area (Å²) in [7, 11) is 2.33. The Morgan fingerprint density at radius 3 is 2.75 bits per heavy atom. The lowest BCUT2D eigenvalue weighted by atomic mass is 10.1. The number of benzene rings is 1. The topological polar surface area (TPSA) is 3.24 Å². The molecule has 0 saturated carbocycles. The molecule has 12 heavy (non-hydrogen) atoms. The van der Waals surface area contributed by atoms with Gasteiger partial charge in [-0.25, -0.2) is 0 Å². The lowest BCUT2D eigenvalue weighted by Gasteiger charge is -2.27. The van der Waals surface area contributed by atoms with Gasteiger partial charge in [0.25, 0.3) is 0 Å². The molecule has 1 aromatic carbocycles. The van der Waals surface area contributed by atoms with Crippen LogP contribution in [0.3, 0.4) is 0 Å². The molecule has 64 valence electrons. The fourth-order valence-electron chi connectivity index (χ4n) is 1.47. The van der Waals surface area contributed by atoms with Crippen molar-refractivity contribution in [2.75, 3.05) is 7.05 Å². The summed E-state index contributed by atoms with van der Waals surface area (Å²) in [6.07, 6.45) is 0. The summed E-state index contributed by atoms with van der Waals surface area (Å²) < 4.78 is 2.32. The van der Waals surface area contributed by atoms with Gasteiger partial charge in [0.1, 0.15) is 0 Å². The molecule has 0 saturated heterocycles. The highest BCUT2D eigenvalue weighted by Gasteiger charge is 2.13. The Labute approximate surface area is 76.1 Å². The van der Waals surface area contributed by atoms with Gasteiger partial charge < -0.3 is 0 Å². The molecule has 1 heterocycles. The van der Waals surface area contributed by atoms with Gasteiger partial charge in [0.05, 0.1) is 0 Å². The fraction of sp³-hybridized carbons (Fsp3) is 0.300. The molecule has 0 spiro atoms. The second kappa shape index (κ2) is 3.04. The Hall–Kier alpha value is -0.600. The van der Waals surface area contributed by atoms with Crippen molar-refractivity contribution < 1.29 is 0 Å². The highest BCUT2D eigenvalue weighted by molar-refractivity contribution is 8.11. The normalized spacial score (nSPS) is 23.6. The quantitative estimate of drug-likeness (QED) is 0.552. The van der Waals surface area contributed by atoms with Crippen LogP contribution in [0.1, 0.15) is 11.1 Å². The van der Waals surface area contributed by atoms with E-state index < -0.39 is 0 Å². The largest absolute Gasteiger partial charge is 0.255 e. The molecule has 2 rings (SSSR count). The van der Waals surface area contributed by atoms with E-state index in [0.717, 1.165) is 12.3 Å². The molecular weight excluding hydrogens is 166 g/mol. The lowest BCUT2D eigenvalue weighted by Crippen LogP contribution is -2.17. The summed E-state index contributed by atoms with van der Waals surface area (Å²) in [6, 6.07) is 8.65. The lowest BCUT2D eigenvalue weighted by molar-refractivity contribution is 0.550. The maximum Gasteiger partial charge on any atom is 0.0335 e. The minimum atomic E-state index is 0.187. The summed E-state index contributed by atoms with van der Waals surface area (Å²) in [6.45, 7) is 1.06. The molecule has 1 aromatic rings. The van der Waals surface area contributed by atoms with Crippen LogP contribution in [0, 0.1) is 0 Å². The second-order valence-electron chi connectivity index (χ2n) is 3.16. The van der Waals surface area contributed by atoms with E-state index in [-0.39, 0.29) is 10.7 Å². The Kier molecular flexibility index (Phi) is 2.03. The molecule has 1 atom stereocenters. The van der Waals surface area contributed by atoms with E-state index in [1.807, 2.05) is 0 Å². The first-order valence-corrected chi connectivity index (χ1v) is 5.58. The van der Waals surface area contributed by atoms with Crippen molar-refractivity contribution in [2.24, 2.45) is 0 Å². The van der Waals surface area contributed by atoms with Gasteiger partial charge in [-0.1, -0.05) is 30.1 Å². The molecule has 0 N–H and O–H groups in total. The van der Waals surface area contributed by atoms with Gasteiger partial charge in [0, 0.05) is 12.3 Å². The first-order valence-electron chi connectivity index (χ1n) is 4.06. The summed E-state index contributed by atoms with van der Waals surface area (Å²) in [5.74, 6) is 5.25. The highest BCUT2D eigenvalue weighted by atomic mass is 32.2. The van der Waals surface area contributed by atoms with E-state index >= 15 is 0 Å². The maximum atomic E-state index is 4.13. The summed E-state index contributed by atoms with van der Waals surface area (Å²) >= 11 is 0. The minimum absolute atomic E-state index is 0.187. The molecule has 1 aliphatic heterocycles. The standard InChI is InChI=1S/C10H13NS/c1-11-7-9-5-3-4-6-10(9)8-12(11)2/h3-6H,2,7-8H2,1H3. The molecule has 2 heteroatoms. The fourth-order valence-corrected chi connectivity index (χ4v) is 2.66. The van der Waals surface area contributed by atoms with Gasteiger partial charge in [0.15, 0.2) is 0 Å². The molecule has 0 bridgehead atoms. The number of rotatable bonds is 0. The van der Waals surface area contributed by atoms with E-state index in [1.54, 1.807) is 0 Å². The van der Waals surface area contributed by atoms with E-state index in [1.165, 1.54) is 11.1 Å². The first-order chi connectivity index (χ1) is 5.77. The third kappa shape index (κ3) is 1.32. The molecule has 1 aliphatic rings. The highest BCUT2D eigenvalue weighted by Crippen LogP contribution is 2.31. The number of nitrogens with zero attached hydrogens (tertiary/aromatic N) is 1. The molecule has 0 aromatic heterocycles. The predicted molar refractivity (Wildman–Crippen MR) is 56.3 cm³/mol. The Morgan fingerprint density at radius 2 is 2.00 bits per heavy atom. The molecular formula is C10H13NS. The summed E-state index contributed by atoms with van der Waals surface area (Å²) in [5.41, 5.74) is 2.95. The van der Waals surface area contributed by atoms with Crippen LogP contribution in [0.2, 0.25) is 0 Å². The zero-order valence-electron chi connectivity index (χ0n) is 7.29. The second-order valence-corrected chi connectivity index (χ2v) is 5.00. The molecule has 1 nitrogen and oxygen atoms in total. The van der Waals surface area contributed by atoms with Crippen LogP contribution < -0.4 is 0 Å². The average molecular weight is 179 g/mol. The zero-order chi connectivity index (χ0) is 8.55.